The lowest BCUT2D eigenvalue weighted by Crippen LogP contribution is -2.31. The van der Waals surface area contributed by atoms with Crippen LogP contribution in [0.15, 0.2) is 24.3 Å². The van der Waals surface area contributed by atoms with Gasteiger partial charge in [-0.3, -0.25) is 4.79 Å². The van der Waals surface area contributed by atoms with Gasteiger partial charge in [0.1, 0.15) is 6.10 Å². The maximum absolute atomic E-state index is 11.9. The van der Waals surface area contributed by atoms with Crippen LogP contribution in [-0.2, 0) is 9.53 Å². The molecule has 4 heteroatoms. The number of nitrogens with two attached hydrogens (primary N) is 1. The number of anilines is 2. The summed E-state index contributed by atoms with van der Waals surface area (Å²) in [6.45, 7) is 2.68. The maximum atomic E-state index is 11.9. The smallest absolute Gasteiger partial charge is 0.253 e. The number of benzene rings is 1. The van der Waals surface area contributed by atoms with Crippen molar-refractivity contribution in [2.45, 2.75) is 19.4 Å². The van der Waals surface area contributed by atoms with Gasteiger partial charge in [0.25, 0.3) is 5.91 Å². The summed E-state index contributed by atoms with van der Waals surface area (Å²) in [4.78, 5) is 11.9. The summed E-state index contributed by atoms with van der Waals surface area (Å²) in [6, 6.07) is 7.21. The van der Waals surface area contributed by atoms with Crippen molar-refractivity contribution >= 4 is 17.3 Å². The minimum Gasteiger partial charge on any atom is -0.397 e. The second kappa shape index (κ2) is 4.53. The minimum absolute atomic E-state index is 0.108. The molecule has 1 amide bonds. The molecule has 2 unspecified atom stereocenters. The second-order valence-electron chi connectivity index (χ2n) is 4.13. The minimum atomic E-state index is -0.348. The highest BCUT2D eigenvalue weighted by Gasteiger charge is 2.30. The Morgan fingerprint density at radius 1 is 1.50 bits per heavy atom. The number of carbonyl (C=O) groups excluding carboxylic acids is 1. The molecule has 0 saturated carbocycles. The molecule has 0 aromatic heterocycles. The van der Waals surface area contributed by atoms with E-state index in [0.717, 1.165) is 6.42 Å². The van der Waals surface area contributed by atoms with Gasteiger partial charge in [-0.15, -0.1) is 0 Å². The van der Waals surface area contributed by atoms with E-state index in [1.54, 1.807) is 12.1 Å². The molecule has 3 N–H and O–H groups in total. The van der Waals surface area contributed by atoms with Crippen molar-refractivity contribution in [3.8, 4) is 0 Å². The Bertz CT molecular complexity index is 392. The second-order valence-corrected chi connectivity index (χ2v) is 4.13. The van der Waals surface area contributed by atoms with E-state index in [1.165, 1.54) is 0 Å². The van der Waals surface area contributed by atoms with E-state index in [4.69, 9.17) is 10.5 Å². The lowest BCUT2D eigenvalue weighted by Gasteiger charge is -2.15. The highest BCUT2D eigenvalue weighted by molar-refractivity contribution is 5.97. The van der Waals surface area contributed by atoms with E-state index in [2.05, 4.69) is 5.32 Å². The van der Waals surface area contributed by atoms with Crippen LogP contribution >= 0.6 is 0 Å². The van der Waals surface area contributed by atoms with Gasteiger partial charge in [0, 0.05) is 6.61 Å². The lowest BCUT2D eigenvalue weighted by atomic mass is 10.0. The molecule has 1 fully saturated rings. The Morgan fingerprint density at radius 2 is 2.25 bits per heavy atom. The fourth-order valence-corrected chi connectivity index (χ4v) is 1.85. The lowest BCUT2D eigenvalue weighted by molar-refractivity contribution is -0.126. The number of hydrogen-bond acceptors (Lipinski definition) is 3. The van der Waals surface area contributed by atoms with E-state index in [1.807, 2.05) is 19.1 Å². The molecule has 2 rings (SSSR count). The summed E-state index contributed by atoms with van der Waals surface area (Å²) in [6.07, 6.45) is 0.585. The Hall–Kier alpha value is -1.55. The Labute approximate surface area is 94.8 Å². The van der Waals surface area contributed by atoms with E-state index in [0.29, 0.717) is 18.0 Å². The summed E-state index contributed by atoms with van der Waals surface area (Å²) in [7, 11) is 0. The summed E-state index contributed by atoms with van der Waals surface area (Å²) >= 11 is 0. The molecule has 0 radical (unpaired) electrons. The van der Waals surface area contributed by atoms with Gasteiger partial charge in [0.15, 0.2) is 0 Å². The predicted octanol–water partition coefficient (Wildman–Crippen LogP) is 1.63. The average Bonchev–Trinajstić information content (AvgIpc) is 2.68. The number of nitrogens with one attached hydrogen (secondary N) is 1. The Morgan fingerprint density at radius 3 is 2.88 bits per heavy atom. The van der Waals surface area contributed by atoms with E-state index >= 15 is 0 Å². The Balaban J connectivity index is 2.05. The van der Waals surface area contributed by atoms with Gasteiger partial charge in [-0.2, -0.15) is 0 Å². The molecule has 1 aliphatic rings. The SMILES string of the molecule is CC1CCOC1C(=O)Nc1ccccc1N. The van der Waals surface area contributed by atoms with E-state index in [9.17, 15) is 4.79 Å². The third-order valence-electron chi connectivity index (χ3n) is 2.86. The van der Waals surface area contributed by atoms with Gasteiger partial charge in [-0.25, -0.2) is 0 Å². The van der Waals surface area contributed by atoms with Crippen LogP contribution in [0.1, 0.15) is 13.3 Å². The third kappa shape index (κ3) is 2.17. The molecular formula is C12H16N2O2. The standard InChI is InChI=1S/C12H16N2O2/c1-8-6-7-16-11(8)12(15)14-10-5-3-2-4-9(10)13/h2-5,8,11H,6-7,13H2,1H3,(H,14,15). The summed E-state index contributed by atoms with van der Waals surface area (Å²) in [5.41, 5.74) is 6.97. The molecule has 2 atom stereocenters. The van der Waals surface area contributed by atoms with Crippen molar-refractivity contribution in [2.24, 2.45) is 5.92 Å². The molecule has 0 aliphatic carbocycles. The fourth-order valence-electron chi connectivity index (χ4n) is 1.85. The zero-order chi connectivity index (χ0) is 11.5. The largest absolute Gasteiger partial charge is 0.397 e. The van der Waals surface area contributed by atoms with Gasteiger partial charge in [0.05, 0.1) is 11.4 Å². The quantitative estimate of drug-likeness (QED) is 0.744. The molecule has 86 valence electrons. The number of carbonyl (C=O) groups is 1. The maximum Gasteiger partial charge on any atom is 0.253 e. The highest BCUT2D eigenvalue weighted by Crippen LogP contribution is 2.23. The molecule has 16 heavy (non-hydrogen) atoms. The van der Waals surface area contributed by atoms with Gasteiger partial charge in [0.2, 0.25) is 0 Å². The van der Waals surface area contributed by atoms with Crippen molar-refractivity contribution in [3.05, 3.63) is 24.3 Å². The highest BCUT2D eigenvalue weighted by atomic mass is 16.5. The molecule has 0 bridgehead atoms. The topological polar surface area (TPSA) is 64.3 Å². The van der Waals surface area contributed by atoms with Crippen molar-refractivity contribution in [3.63, 3.8) is 0 Å². The van der Waals surface area contributed by atoms with Crippen molar-refractivity contribution in [2.75, 3.05) is 17.7 Å². The molecule has 4 nitrogen and oxygen atoms in total. The zero-order valence-corrected chi connectivity index (χ0v) is 9.27. The number of hydrogen-bond donors (Lipinski definition) is 2. The molecule has 0 spiro atoms. The average molecular weight is 220 g/mol. The first kappa shape index (κ1) is 11.0. The number of para-hydroxylation sites is 2. The monoisotopic (exact) mass is 220 g/mol. The van der Waals surface area contributed by atoms with Gasteiger partial charge in [-0.05, 0) is 24.5 Å². The van der Waals surface area contributed by atoms with Crippen LogP contribution in [0.2, 0.25) is 0 Å². The fraction of sp³-hybridized carbons (Fsp3) is 0.417. The predicted molar refractivity (Wildman–Crippen MR) is 63.0 cm³/mol. The van der Waals surface area contributed by atoms with Crippen molar-refractivity contribution < 1.29 is 9.53 Å². The van der Waals surface area contributed by atoms with Crippen LogP contribution < -0.4 is 11.1 Å². The summed E-state index contributed by atoms with van der Waals surface area (Å²) in [5.74, 6) is 0.160. The first-order valence-corrected chi connectivity index (χ1v) is 5.45. The summed E-state index contributed by atoms with van der Waals surface area (Å²) in [5, 5.41) is 2.79. The first-order valence-electron chi connectivity index (χ1n) is 5.45. The van der Waals surface area contributed by atoms with Gasteiger partial charge < -0.3 is 15.8 Å². The van der Waals surface area contributed by atoms with Crippen molar-refractivity contribution in [1.29, 1.82) is 0 Å². The molecule has 1 aliphatic heterocycles. The number of rotatable bonds is 2. The van der Waals surface area contributed by atoms with Crippen LogP contribution in [0.4, 0.5) is 11.4 Å². The number of amides is 1. The van der Waals surface area contributed by atoms with Gasteiger partial charge in [-0.1, -0.05) is 19.1 Å². The normalized spacial score (nSPS) is 24.3. The third-order valence-corrected chi connectivity index (χ3v) is 2.86. The summed E-state index contributed by atoms with van der Waals surface area (Å²) < 4.78 is 5.39. The van der Waals surface area contributed by atoms with Crippen LogP contribution in [-0.4, -0.2) is 18.6 Å². The van der Waals surface area contributed by atoms with Crippen LogP contribution in [0, 0.1) is 5.92 Å². The van der Waals surface area contributed by atoms with Crippen LogP contribution in [0.3, 0.4) is 0 Å². The number of nitrogen functional groups attached to an aromatic ring is 1. The van der Waals surface area contributed by atoms with Crippen LogP contribution in [0.5, 0.6) is 0 Å². The number of ether oxygens (including phenoxy) is 1. The van der Waals surface area contributed by atoms with Crippen LogP contribution in [0.25, 0.3) is 0 Å². The molecule has 1 heterocycles. The molecule has 1 aromatic rings. The molecule has 1 aromatic carbocycles. The van der Waals surface area contributed by atoms with E-state index in [-0.39, 0.29) is 17.9 Å². The Kier molecular flexibility index (Phi) is 3.10. The van der Waals surface area contributed by atoms with Gasteiger partial charge >= 0.3 is 0 Å². The molecule has 1 saturated heterocycles. The first-order chi connectivity index (χ1) is 7.68. The van der Waals surface area contributed by atoms with E-state index < -0.39 is 0 Å². The molecular weight excluding hydrogens is 204 g/mol. The van der Waals surface area contributed by atoms with Crippen molar-refractivity contribution in [1.82, 2.24) is 0 Å². The zero-order valence-electron chi connectivity index (χ0n) is 9.27.